The van der Waals surface area contributed by atoms with Crippen molar-refractivity contribution in [1.29, 1.82) is 0 Å². The monoisotopic (exact) mass is 209 g/mol. The minimum Gasteiger partial charge on any atom is -0.304 e. The summed E-state index contributed by atoms with van der Waals surface area (Å²) < 4.78 is 14.0. The van der Waals surface area contributed by atoms with E-state index < -0.39 is 0 Å². The molecule has 2 nitrogen and oxygen atoms in total. The zero-order valence-corrected chi connectivity index (χ0v) is 8.76. The molecule has 0 fully saturated rings. The van der Waals surface area contributed by atoms with Crippen LogP contribution in [0.25, 0.3) is 0 Å². The third-order valence-corrected chi connectivity index (χ3v) is 3.03. The summed E-state index contributed by atoms with van der Waals surface area (Å²) in [6, 6.07) is 3.90. The van der Waals surface area contributed by atoms with Crippen LogP contribution in [0.3, 0.4) is 0 Å². The third-order valence-electron chi connectivity index (χ3n) is 3.03. The lowest BCUT2D eigenvalue weighted by atomic mass is 9.89. The molecule has 1 aliphatic carbocycles. The molecule has 1 aromatic carbocycles. The maximum atomic E-state index is 14.0. The Kier molecular flexibility index (Phi) is 3.34. The second kappa shape index (κ2) is 4.73. The zero-order chi connectivity index (χ0) is 10.7. The van der Waals surface area contributed by atoms with E-state index in [0.29, 0.717) is 13.0 Å². The lowest BCUT2D eigenvalue weighted by Crippen LogP contribution is -2.10. The second-order valence-corrected chi connectivity index (χ2v) is 4.00. The lowest BCUT2D eigenvalue weighted by Gasteiger charge is -2.18. The van der Waals surface area contributed by atoms with Gasteiger partial charge in [0.05, 0.1) is 6.61 Å². The minimum atomic E-state index is -0.0377. The van der Waals surface area contributed by atoms with Gasteiger partial charge in [0.2, 0.25) is 0 Å². The van der Waals surface area contributed by atoms with Crippen LogP contribution in [0.2, 0.25) is 0 Å². The molecule has 0 heterocycles. The van der Waals surface area contributed by atoms with E-state index in [1.54, 1.807) is 0 Å². The number of nitrogens with two attached hydrogens (primary N) is 1. The van der Waals surface area contributed by atoms with Crippen LogP contribution < -0.4 is 5.90 Å². The van der Waals surface area contributed by atoms with Crippen molar-refractivity contribution in [2.24, 2.45) is 5.90 Å². The molecule has 1 aliphatic rings. The SMILES string of the molecule is NOCCc1ccc2c(c1F)CCCC2. The fourth-order valence-electron chi connectivity index (χ4n) is 2.19. The number of rotatable bonds is 3. The Hall–Kier alpha value is -0.930. The van der Waals surface area contributed by atoms with Crippen LogP contribution in [0.15, 0.2) is 12.1 Å². The highest BCUT2D eigenvalue weighted by Crippen LogP contribution is 2.26. The smallest absolute Gasteiger partial charge is 0.129 e. The standard InChI is InChI=1S/C12H16FNO/c13-12-10(7-8-15-14)6-5-9-3-1-2-4-11(9)12/h5-6H,1-4,7-8,14H2. The fourth-order valence-corrected chi connectivity index (χ4v) is 2.19. The fraction of sp³-hybridized carbons (Fsp3) is 0.500. The minimum absolute atomic E-state index is 0.0377. The van der Waals surface area contributed by atoms with Crippen LogP contribution in [0.4, 0.5) is 4.39 Å². The van der Waals surface area contributed by atoms with Crippen molar-refractivity contribution >= 4 is 0 Å². The summed E-state index contributed by atoms with van der Waals surface area (Å²) in [7, 11) is 0. The average molecular weight is 209 g/mol. The van der Waals surface area contributed by atoms with Crippen molar-refractivity contribution in [3.8, 4) is 0 Å². The van der Waals surface area contributed by atoms with Gasteiger partial charge < -0.3 is 4.84 Å². The highest BCUT2D eigenvalue weighted by Gasteiger charge is 2.15. The van der Waals surface area contributed by atoms with Crippen LogP contribution >= 0.6 is 0 Å². The molecular weight excluding hydrogens is 193 g/mol. The van der Waals surface area contributed by atoms with Crippen molar-refractivity contribution in [1.82, 2.24) is 0 Å². The average Bonchev–Trinajstić information content (AvgIpc) is 2.29. The molecule has 2 N–H and O–H groups in total. The Labute approximate surface area is 89.2 Å². The first-order valence-corrected chi connectivity index (χ1v) is 5.43. The van der Waals surface area contributed by atoms with Crippen molar-refractivity contribution in [2.45, 2.75) is 32.1 Å². The van der Waals surface area contributed by atoms with Gasteiger partial charge in [-0.05, 0) is 42.4 Å². The summed E-state index contributed by atoms with van der Waals surface area (Å²) in [6.07, 6.45) is 4.71. The predicted octanol–water partition coefficient (Wildman–Crippen LogP) is 2.14. The molecule has 0 unspecified atom stereocenters. The summed E-state index contributed by atoms with van der Waals surface area (Å²) in [5.74, 6) is 4.90. The predicted molar refractivity (Wildman–Crippen MR) is 56.9 cm³/mol. The van der Waals surface area contributed by atoms with Gasteiger partial charge in [0, 0.05) is 6.42 Å². The second-order valence-electron chi connectivity index (χ2n) is 4.00. The summed E-state index contributed by atoms with van der Waals surface area (Å²) in [5, 5.41) is 0. The highest BCUT2D eigenvalue weighted by molar-refractivity contribution is 5.35. The van der Waals surface area contributed by atoms with Crippen LogP contribution in [0, 0.1) is 5.82 Å². The highest BCUT2D eigenvalue weighted by atomic mass is 19.1. The van der Waals surface area contributed by atoms with Crippen LogP contribution in [-0.2, 0) is 24.1 Å². The molecule has 0 amide bonds. The van der Waals surface area contributed by atoms with Gasteiger partial charge in [-0.2, -0.15) is 0 Å². The number of aryl methyl sites for hydroxylation is 1. The molecule has 0 aliphatic heterocycles. The van der Waals surface area contributed by atoms with Gasteiger partial charge in [-0.25, -0.2) is 10.3 Å². The van der Waals surface area contributed by atoms with E-state index in [9.17, 15) is 4.39 Å². The van der Waals surface area contributed by atoms with Crippen molar-refractivity contribution in [3.05, 3.63) is 34.6 Å². The van der Waals surface area contributed by atoms with Crippen molar-refractivity contribution in [3.63, 3.8) is 0 Å². The maximum Gasteiger partial charge on any atom is 0.129 e. The first-order chi connectivity index (χ1) is 7.33. The maximum absolute atomic E-state index is 14.0. The molecule has 0 saturated heterocycles. The van der Waals surface area contributed by atoms with Gasteiger partial charge in [-0.15, -0.1) is 0 Å². The summed E-state index contributed by atoms with van der Waals surface area (Å²) in [4.78, 5) is 4.48. The molecule has 82 valence electrons. The van der Waals surface area contributed by atoms with Gasteiger partial charge >= 0.3 is 0 Å². The summed E-state index contributed by atoms with van der Waals surface area (Å²) in [5.41, 5.74) is 2.81. The number of hydrogen-bond acceptors (Lipinski definition) is 2. The van der Waals surface area contributed by atoms with Crippen LogP contribution in [-0.4, -0.2) is 6.61 Å². The van der Waals surface area contributed by atoms with Gasteiger partial charge in [-0.3, -0.25) is 0 Å². The first kappa shape index (κ1) is 10.6. The van der Waals surface area contributed by atoms with E-state index in [4.69, 9.17) is 5.90 Å². The Morgan fingerprint density at radius 3 is 2.87 bits per heavy atom. The Morgan fingerprint density at radius 1 is 1.27 bits per heavy atom. The molecule has 0 spiro atoms. The Morgan fingerprint density at radius 2 is 2.07 bits per heavy atom. The summed E-state index contributed by atoms with van der Waals surface area (Å²) in [6.45, 7) is 0.371. The third kappa shape index (κ3) is 2.19. The number of hydrogen-bond donors (Lipinski definition) is 1. The van der Waals surface area contributed by atoms with E-state index in [1.807, 2.05) is 12.1 Å². The van der Waals surface area contributed by atoms with E-state index in [2.05, 4.69) is 4.84 Å². The molecular formula is C12H16FNO. The molecule has 1 aromatic rings. The number of fused-ring (bicyclic) bond motifs is 1. The van der Waals surface area contributed by atoms with E-state index in [1.165, 1.54) is 12.0 Å². The Balaban J connectivity index is 2.26. The topological polar surface area (TPSA) is 35.2 Å². The van der Waals surface area contributed by atoms with Crippen LogP contribution in [0.5, 0.6) is 0 Å². The quantitative estimate of drug-likeness (QED) is 0.774. The largest absolute Gasteiger partial charge is 0.304 e. The van der Waals surface area contributed by atoms with E-state index in [-0.39, 0.29) is 5.82 Å². The van der Waals surface area contributed by atoms with Gasteiger partial charge in [-0.1, -0.05) is 12.1 Å². The molecule has 15 heavy (non-hydrogen) atoms. The van der Waals surface area contributed by atoms with E-state index >= 15 is 0 Å². The number of halogens is 1. The van der Waals surface area contributed by atoms with Crippen molar-refractivity contribution < 1.29 is 9.23 Å². The molecule has 2 rings (SSSR count). The van der Waals surface area contributed by atoms with Gasteiger partial charge in [0.1, 0.15) is 5.82 Å². The molecule has 0 aromatic heterocycles. The summed E-state index contributed by atoms with van der Waals surface area (Å²) >= 11 is 0. The normalized spacial score (nSPS) is 15.1. The molecule has 0 bridgehead atoms. The van der Waals surface area contributed by atoms with E-state index in [0.717, 1.165) is 30.4 Å². The zero-order valence-electron chi connectivity index (χ0n) is 8.76. The number of benzene rings is 1. The van der Waals surface area contributed by atoms with Gasteiger partial charge in [0.15, 0.2) is 0 Å². The molecule has 0 atom stereocenters. The van der Waals surface area contributed by atoms with Crippen molar-refractivity contribution in [2.75, 3.05) is 6.61 Å². The molecule has 0 radical (unpaired) electrons. The first-order valence-electron chi connectivity index (χ1n) is 5.43. The Bertz CT molecular complexity index is 352. The molecule has 3 heteroatoms. The van der Waals surface area contributed by atoms with Crippen LogP contribution in [0.1, 0.15) is 29.5 Å². The molecule has 0 saturated carbocycles. The lowest BCUT2D eigenvalue weighted by molar-refractivity contribution is 0.140. The van der Waals surface area contributed by atoms with Gasteiger partial charge in [0.25, 0.3) is 0 Å².